The quantitative estimate of drug-likeness (QED) is 0.358. The number of methoxy groups -OCH3 is 1. The molecule has 176 valence electrons. The number of ether oxygens (including phenoxy) is 2. The molecule has 0 saturated heterocycles. The van der Waals surface area contributed by atoms with Crippen LogP contribution in [0.1, 0.15) is 53.0 Å². The number of hydrogen-bond donors (Lipinski definition) is 0. The predicted octanol–water partition coefficient (Wildman–Crippen LogP) is 5.71. The van der Waals surface area contributed by atoms with Gasteiger partial charge in [0.15, 0.2) is 17.1 Å². The van der Waals surface area contributed by atoms with Crippen LogP contribution in [0.25, 0.3) is 22.4 Å². The summed E-state index contributed by atoms with van der Waals surface area (Å²) in [6.07, 6.45) is 3.28. The highest BCUT2D eigenvalue weighted by Crippen LogP contribution is 2.36. The summed E-state index contributed by atoms with van der Waals surface area (Å²) < 4.78 is 15.9. The molecule has 0 radical (unpaired) electrons. The third-order valence-electron chi connectivity index (χ3n) is 7.35. The number of para-hydroxylation sites is 2. The van der Waals surface area contributed by atoms with Crippen LogP contribution in [0.3, 0.4) is 0 Å². The normalized spacial score (nSPS) is 21.8. The molecular weight excluding hydrogens is 412 g/mol. The molecule has 0 aliphatic heterocycles. The number of aryl methyl sites for hydroxylation is 1. The van der Waals surface area contributed by atoms with E-state index in [-0.39, 0.29) is 12.1 Å². The molecule has 0 spiro atoms. The van der Waals surface area contributed by atoms with E-state index in [4.69, 9.17) is 9.47 Å². The number of aromatic nitrogens is 2. The molecule has 1 aliphatic rings. The Morgan fingerprint density at radius 3 is 2.42 bits per heavy atom. The minimum Gasteiger partial charge on any atom is -0.497 e. The van der Waals surface area contributed by atoms with E-state index in [1.165, 1.54) is 6.42 Å². The number of esters is 1. The van der Waals surface area contributed by atoms with E-state index in [1.807, 2.05) is 50.4 Å². The molecule has 3 aromatic rings. The zero-order valence-electron chi connectivity index (χ0n) is 20.7. The summed E-state index contributed by atoms with van der Waals surface area (Å²) in [6.45, 7) is 8.71. The summed E-state index contributed by atoms with van der Waals surface area (Å²) in [6, 6.07) is 15.8. The number of fused-ring (bicyclic) bond motifs is 1. The average Bonchev–Trinajstić information content (AvgIpc) is 3.11. The Labute approximate surface area is 197 Å². The highest BCUT2D eigenvalue weighted by atomic mass is 16.5. The van der Waals surface area contributed by atoms with Crippen molar-refractivity contribution in [3.05, 3.63) is 48.5 Å². The smallest absolute Gasteiger partial charge is 0.351 e. The maximum absolute atomic E-state index is 13.6. The number of imidazole rings is 1. The van der Waals surface area contributed by atoms with Gasteiger partial charge in [0.2, 0.25) is 0 Å². The van der Waals surface area contributed by atoms with E-state index >= 15 is 0 Å². The fourth-order valence-electron chi connectivity index (χ4n) is 5.41. The largest absolute Gasteiger partial charge is 0.497 e. The Balaban J connectivity index is 1.72. The van der Waals surface area contributed by atoms with E-state index in [2.05, 4.69) is 42.0 Å². The van der Waals surface area contributed by atoms with Crippen LogP contribution in [0.4, 0.5) is 0 Å². The van der Waals surface area contributed by atoms with Crippen molar-refractivity contribution < 1.29 is 18.8 Å². The molecule has 4 atom stereocenters. The van der Waals surface area contributed by atoms with Crippen molar-refractivity contribution in [3.8, 4) is 17.1 Å². The summed E-state index contributed by atoms with van der Waals surface area (Å²) in [5, 5.41) is 0. The molecule has 1 saturated carbocycles. The molecule has 1 unspecified atom stereocenters. The zero-order valence-corrected chi connectivity index (χ0v) is 20.7. The van der Waals surface area contributed by atoms with Crippen molar-refractivity contribution in [1.29, 1.82) is 0 Å². The first-order valence-electron chi connectivity index (χ1n) is 12.2. The van der Waals surface area contributed by atoms with Gasteiger partial charge >= 0.3 is 5.97 Å². The van der Waals surface area contributed by atoms with Gasteiger partial charge in [-0.05, 0) is 73.9 Å². The van der Waals surface area contributed by atoms with Crippen molar-refractivity contribution in [1.82, 2.24) is 4.57 Å². The topological polar surface area (TPSA) is 44.3 Å². The first-order valence-corrected chi connectivity index (χ1v) is 12.2. The molecule has 1 aromatic heterocycles. The lowest BCUT2D eigenvalue weighted by Gasteiger charge is -2.37. The standard InChI is InChI=1S/C28H37N2O3/c1-18(2)23-16-11-19(3)17-26(23)33-28(31)20(4)30-25-10-8-7-9-24(25)29(5)27(30)21-12-14-22(32-6)15-13-21/h7-10,12-15,18-20,23,26H,11,16-17H2,1-6H3/q+1/t19-,20-,23+,26?/m1/s1. The van der Waals surface area contributed by atoms with Gasteiger partial charge in [-0.1, -0.05) is 39.3 Å². The fraction of sp³-hybridized carbons (Fsp3) is 0.500. The molecule has 33 heavy (non-hydrogen) atoms. The maximum atomic E-state index is 13.6. The molecule has 0 N–H and O–H groups in total. The van der Waals surface area contributed by atoms with Crippen LogP contribution in [-0.2, 0) is 16.6 Å². The SMILES string of the molecule is COc1ccc(-c2n([C@H](C)C(=O)OC3C[C@H](C)CC[C@H]3C(C)C)c3ccccc3[n+]2C)cc1. The van der Waals surface area contributed by atoms with Crippen molar-refractivity contribution in [2.24, 2.45) is 24.8 Å². The lowest BCUT2D eigenvalue weighted by molar-refractivity contribution is -0.634. The summed E-state index contributed by atoms with van der Waals surface area (Å²) in [4.78, 5) is 13.6. The van der Waals surface area contributed by atoms with Crippen LogP contribution in [-0.4, -0.2) is 23.8 Å². The Bertz CT molecular complexity index is 1120. The van der Waals surface area contributed by atoms with E-state index in [0.717, 1.165) is 41.0 Å². The van der Waals surface area contributed by atoms with Gasteiger partial charge in [-0.25, -0.2) is 13.9 Å². The highest BCUT2D eigenvalue weighted by molar-refractivity contribution is 5.82. The Kier molecular flexibility index (Phi) is 6.78. The Hall–Kier alpha value is -2.82. The first-order chi connectivity index (χ1) is 15.8. The van der Waals surface area contributed by atoms with Crippen molar-refractivity contribution in [2.75, 3.05) is 7.11 Å². The van der Waals surface area contributed by atoms with Gasteiger partial charge in [0, 0.05) is 0 Å². The van der Waals surface area contributed by atoms with E-state index in [9.17, 15) is 4.79 Å². The predicted molar refractivity (Wildman–Crippen MR) is 131 cm³/mol. The molecule has 4 rings (SSSR count). The number of carbonyl (C=O) groups is 1. The summed E-state index contributed by atoms with van der Waals surface area (Å²) in [5.74, 6) is 3.15. The van der Waals surface area contributed by atoms with Crippen molar-refractivity contribution in [3.63, 3.8) is 0 Å². The minimum atomic E-state index is -0.446. The highest BCUT2D eigenvalue weighted by Gasteiger charge is 2.37. The molecule has 1 fully saturated rings. The van der Waals surface area contributed by atoms with Gasteiger partial charge in [-0.2, -0.15) is 0 Å². The van der Waals surface area contributed by atoms with Crippen LogP contribution in [0.15, 0.2) is 48.5 Å². The first kappa shape index (κ1) is 23.3. The van der Waals surface area contributed by atoms with Gasteiger partial charge < -0.3 is 9.47 Å². The van der Waals surface area contributed by atoms with E-state index in [0.29, 0.717) is 17.8 Å². The molecule has 0 amide bonds. The second-order valence-electron chi connectivity index (χ2n) is 9.95. The van der Waals surface area contributed by atoms with Gasteiger partial charge in [0.05, 0.1) is 19.7 Å². The average molecular weight is 450 g/mol. The Morgan fingerprint density at radius 2 is 1.76 bits per heavy atom. The number of nitrogens with zero attached hydrogens (tertiary/aromatic N) is 2. The van der Waals surface area contributed by atoms with Crippen LogP contribution in [0.5, 0.6) is 5.75 Å². The third-order valence-corrected chi connectivity index (χ3v) is 7.35. The van der Waals surface area contributed by atoms with E-state index in [1.54, 1.807) is 7.11 Å². The van der Waals surface area contributed by atoms with Gasteiger partial charge in [-0.3, -0.25) is 0 Å². The molecule has 1 aliphatic carbocycles. The summed E-state index contributed by atoms with van der Waals surface area (Å²) in [7, 11) is 3.72. The molecule has 5 nitrogen and oxygen atoms in total. The third kappa shape index (κ3) is 4.50. The van der Waals surface area contributed by atoms with Crippen molar-refractivity contribution >= 4 is 17.0 Å². The second kappa shape index (κ2) is 9.58. The number of carbonyl (C=O) groups excluding carboxylic acids is 1. The number of hydrogen-bond acceptors (Lipinski definition) is 3. The lowest BCUT2D eigenvalue weighted by atomic mass is 9.75. The zero-order chi connectivity index (χ0) is 23.7. The molecule has 0 bridgehead atoms. The van der Waals surface area contributed by atoms with Gasteiger partial charge in [-0.15, -0.1) is 0 Å². The van der Waals surface area contributed by atoms with Gasteiger partial charge in [0.1, 0.15) is 11.9 Å². The number of benzene rings is 2. The summed E-state index contributed by atoms with van der Waals surface area (Å²) >= 11 is 0. The lowest BCUT2D eigenvalue weighted by Crippen LogP contribution is -2.38. The van der Waals surface area contributed by atoms with Crippen molar-refractivity contribution in [2.45, 2.75) is 59.1 Å². The van der Waals surface area contributed by atoms with Crippen LogP contribution >= 0.6 is 0 Å². The number of rotatable bonds is 6. The molecule has 2 aromatic carbocycles. The molecule has 1 heterocycles. The van der Waals surface area contributed by atoms with E-state index < -0.39 is 6.04 Å². The monoisotopic (exact) mass is 449 g/mol. The van der Waals surface area contributed by atoms with Crippen LogP contribution in [0, 0.1) is 17.8 Å². The van der Waals surface area contributed by atoms with Crippen LogP contribution < -0.4 is 9.30 Å². The second-order valence-corrected chi connectivity index (χ2v) is 9.95. The summed E-state index contributed by atoms with van der Waals surface area (Å²) in [5.41, 5.74) is 3.13. The Morgan fingerprint density at radius 1 is 1.06 bits per heavy atom. The molecular formula is C28H37N2O3+. The minimum absolute atomic E-state index is 0.0105. The fourth-order valence-corrected chi connectivity index (χ4v) is 5.41. The van der Waals surface area contributed by atoms with Crippen LogP contribution in [0.2, 0.25) is 0 Å². The maximum Gasteiger partial charge on any atom is 0.351 e. The van der Waals surface area contributed by atoms with Gasteiger partial charge in [0.25, 0.3) is 5.82 Å². The molecule has 5 heteroatoms.